The number of nitrogens with one attached hydrogen (secondary N) is 3. The maximum absolute atomic E-state index is 13.6. The third-order valence-corrected chi connectivity index (χ3v) is 8.76. The Bertz CT molecular complexity index is 1820. The quantitative estimate of drug-likeness (QED) is 0.222. The van der Waals surface area contributed by atoms with Crippen molar-refractivity contribution in [2.75, 3.05) is 25.6 Å². The molecule has 0 aromatic carbocycles. The number of hydrogen-bond acceptors (Lipinski definition) is 10. The van der Waals surface area contributed by atoms with Crippen LogP contribution < -0.4 is 10.6 Å². The number of methoxy groups -OCH3 is 1. The molecule has 14 nitrogen and oxygen atoms in total. The van der Waals surface area contributed by atoms with Crippen LogP contribution in [0, 0.1) is 12.7 Å². The van der Waals surface area contributed by atoms with Crippen LogP contribution in [0.2, 0.25) is 0 Å². The van der Waals surface area contributed by atoms with Crippen molar-refractivity contribution in [3.8, 4) is 5.82 Å². The molecule has 5 aromatic heterocycles. The van der Waals surface area contributed by atoms with E-state index >= 15 is 0 Å². The summed E-state index contributed by atoms with van der Waals surface area (Å²) in [5.41, 5.74) is 1.51. The summed E-state index contributed by atoms with van der Waals surface area (Å²) >= 11 is 0. The molecule has 1 atom stereocenters. The molecule has 1 aliphatic heterocycles. The van der Waals surface area contributed by atoms with Gasteiger partial charge in [-0.2, -0.15) is 15.3 Å². The van der Waals surface area contributed by atoms with Gasteiger partial charge in [0.25, 0.3) is 5.91 Å². The Morgan fingerprint density at radius 3 is 2.62 bits per heavy atom. The predicted molar refractivity (Wildman–Crippen MR) is 161 cm³/mol. The van der Waals surface area contributed by atoms with Crippen molar-refractivity contribution in [2.45, 2.75) is 63.1 Å². The molecule has 45 heavy (non-hydrogen) atoms. The summed E-state index contributed by atoms with van der Waals surface area (Å²) in [6.07, 6.45) is 8.16. The molecule has 7 rings (SSSR count). The van der Waals surface area contributed by atoms with Gasteiger partial charge >= 0.3 is 0 Å². The van der Waals surface area contributed by atoms with Crippen LogP contribution in [0.4, 0.5) is 16.0 Å². The molecule has 0 unspecified atom stereocenters. The Balaban J connectivity index is 1.07. The van der Waals surface area contributed by atoms with Gasteiger partial charge in [-0.25, -0.2) is 28.7 Å². The highest BCUT2D eigenvalue weighted by atomic mass is 19.1. The van der Waals surface area contributed by atoms with Crippen LogP contribution in [0.5, 0.6) is 0 Å². The van der Waals surface area contributed by atoms with Crippen LogP contribution >= 0.6 is 0 Å². The number of aryl methyl sites for hydroxylation is 1. The van der Waals surface area contributed by atoms with E-state index in [4.69, 9.17) is 19.4 Å². The van der Waals surface area contributed by atoms with E-state index < -0.39 is 11.4 Å². The van der Waals surface area contributed by atoms with E-state index in [-0.39, 0.29) is 23.9 Å². The molecule has 0 spiro atoms. The van der Waals surface area contributed by atoms with Crippen molar-refractivity contribution in [1.82, 2.24) is 50.0 Å². The van der Waals surface area contributed by atoms with Gasteiger partial charge in [-0.15, -0.1) is 0 Å². The van der Waals surface area contributed by atoms with Gasteiger partial charge in [-0.05, 0) is 51.2 Å². The number of rotatable bonds is 9. The fourth-order valence-electron chi connectivity index (χ4n) is 5.95. The fraction of sp³-hybridized carbons (Fsp3) is 0.433. The first-order valence-corrected chi connectivity index (χ1v) is 15.0. The molecule has 6 heterocycles. The zero-order chi connectivity index (χ0) is 31.1. The van der Waals surface area contributed by atoms with Crippen molar-refractivity contribution in [3.05, 3.63) is 65.9 Å². The van der Waals surface area contributed by atoms with Crippen molar-refractivity contribution in [3.63, 3.8) is 0 Å². The number of carbonyl (C=O) groups is 1. The van der Waals surface area contributed by atoms with Gasteiger partial charge in [0.15, 0.2) is 23.1 Å². The minimum atomic E-state index is -0.979. The number of pyridine rings is 1. The van der Waals surface area contributed by atoms with Crippen LogP contribution in [-0.2, 0) is 14.3 Å². The molecule has 5 aromatic rings. The highest BCUT2D eigenvalue weighted by Crippen LogP contribution is 2.40. The van der Waals surface area contributed by atoms with E-state index in [2.05, 4.69) is 36.0 Å². The van der Waals surface area contributed by atoms with Crippen LogP contribution in [-0.4, -0.2) is 76.5 Å². The van der Waals surface area contributed by atoms with Crippen molar-refractivity contribution in [1.29, 1.82) is 0 Å². The van der Waals surface area contributed by atoms with E-state index in [1.54, 1.807) is 25.6 Å². The topological polar surface area (TPSA) is 163 Å². The van der Waals surface area contributed by atoms with Crippen LogP contribution in [0.15, 0.2) is 43.0 Å². The van der Waals surface area contributed by atoms with Crippen molar-refractivity contribution in [2.24, 2.45) is 0 Å². The number of fused-ring (bicyclic) bond motifs is 1. The molecular weight excluding hydrogens is 581 g/mol. The van der Waals surface area contributed by atoms with Crippen LogP contribution in [0.25, 0.3) is 16.9 Å². The highest BCUT2D eigenvalue weighted by molar-refractivity contribution is 5.88. The molecule has 3 N–H and O–H groups in total. The van der Waals surface area contributed by atoms with E-state index in [1.807, 2.05) is 30.7 Å². The minimum Gasteiger partial charge on any atom is -0.377 e. The summed E-state index contributed by atoms with van der Waals surface area (Å²) < 4.78 is 27.9. The lowest BCUT2D eigenvalue weighted by Gasteiger charge is -2.38. The lowest BCUT2D eigenvalue weighted by molar-refractivity contribution is -0.148. The number of ether oxygens (including phenoxy) is 2. The average Bonchev–Trinajstić information content (AvgIpc) is 3.76. The Labute approximate surface area is 257 Å². The summed E-state index contributed by atoms with van der Waals surface area (Å²) in [7, 11) is 1.58. The second kappa shape index (κ2) is 11.6. The molecule has 1 aliphatic carbocycles. The van der Waals surface area contributed by atoms with Crippen molar-refractivity contribution >= 4 is 28.6 Å². The number of aromatic nitrogens is 9. The van der Waals surface area contributed by atoms with Gasteiger partial charge in [-0.3, -0.25) is 9.89 Å². The number of amides is 1. The lowest BCUT2D eigenvalue weighted by atomic mass is 9.77. The number of aromatic amines is 1. The number of hydrogen-bond donors (Lipinski definition) is 3. The van der Waals surface area contributed by atoms with Gasteiger partial charge in [0, 0.05) is 31.0 Å². The standard InChI is InChI=1S/C30H34FN11O3/c1-17-10-24(40-39-17)36-27-23-13-34-42(22-15-45-16-22)28(23)38-26(37-27)19-6-8-30(44-3,9-7-19)29(43)35-18(2)20-4-5-25(32-11-20)41-14-21(31)12-33-41/h4-5,10-14,18-19,22H,6-9,15-16H2,1-3H3,(H,35,43)(H2,36,37,38,39,40)/t18-,19-,30-/m0/s1. The van der Waals surface area contributed by atoms with E-state index in [0.29, 0.717) is 62.2 Å². The fourth-order valence-corrected chi connectivity index (χ4v) is 5.95. The number of halogens is 1. The Kier molecular flexibility index (Phi) is 7.49. The van der Waals surface area contributed by atoms with Crippen LogP contribution in [0.1, 0.15) is 67.7 Å². The van der Waals surface area contributed by atoms with Crippen LogP contribution in [0.3, 0.4) is 0 Å². The molecule has 1 amide bonds. The van der Waals surface area contributed by atoms with Gasteiger partial charge in [0.1, 0.15) is 23.3 Å². The zero-order valence-electron chi connectivity index (χ0n) is 25.2. The summed E-state index contributed by atoms with van der Waals surface area (Å²) in [5, 5.41) is 23.1. The molecule has 2 aliphatic rings. The molecule has 1 saturated heterocycles. The normalized spacial score (nSPS) is 21.0. The molecule has 15 heteroatoms. The first-order chi connectivity index (χ1) is 21.8. The lowest BCUT2D eigenvalue weighted by Crippen LogP contribution is -2.50. The zero-order valence-corrected chi connectivity index (χ0v) is 25.2. The third kappa shape index (κ3) is 5.53. The predicted octanol–water partition coefficient (Wildman–Crippen LogP) is 3.81. The smallest absolute Gasteiger partial charge is 0.252 e. The Morgan fingerprint density at radius 1 is 1.18 bits per heavy atom. The molecule has 234 valence electrons. The third-order valence-electron chi connectivity index (χ3n) is 8.76. The average molecular weight is 616 g/mol. The van der Waals surface area contributed by atoms with E-state index in [0.717, 1.165) is 28.5 Å². The first kappa shape index (κ1) is 29.0. The van der Waals surface area contributed by atoms with E-state index in [9.17, 15) is 9.18 Å². The summed E-state index contributed by atoms with van der Waals surface area (Å²) in [4.78, 5) is 28.0. The molecule has 2 fully saturated rings. The molecular formula is C30H34FN11O3. The van der Waals surface area contributed by atoms with Gasteiger partial charge in [0.2, 0.25) is 0 Å². The van der Waals surface area contributed by atoms with Gasteiger partial charge < -0.3 is 20.1 Å². The second-order valence-corrected chi connectivity index (χ2v) is 11.7. The molecule has 1 saturated carbocycles. The van der Waals surface area contributed by atoms with E-state index in [1.165, 1.54) is 10.9 Å². The van der Waals surface area contributed by atoms with Gasteiger partial charge in [-0.1, -0.05) is 6.07 Å². The SMILES string of the molecule is CO[C@]1(C(=O)N[C@@H](C)c2ccc(-n3cc(F)cn3)nc2)CC[C@@H](c2nc(Nc3cc(C)[nH]n3)c3cnn(C4COC4)c3n2)CC1. The Morgan fingerprint density at radius 2 is 2.00 bits per heavy atom. The summed E-state index contributed by atoms with van der Waals surface area (Å²) in [6.45, 7) is 5.02. The highest BCUT2D eigenvalue weighted by Gasteiger charge is 2.43. The minimum absolute atomic E-state index is 0.0224. The number of carbonyl (C=O) groups excluding carboxylic acids is 1. The summed E-state index contributed by atoms with van der Waals surface area (Å²) in [6, 6.07) is 5.30. The number of H-pyrrole nitrogens is 1. The number of nitrogens with zero attached hydrogens (tertiary/aromatic N) is 8. The monoisotopic (exact) mass is 615 g/mol. The largest absolute Gasteiger partial charge is 0.377 e. The molecule has 0 bridgehead atoms. The van der Waals surface area contributed by atoms with Gasteiger partial charge in [0.05, 0.1) is 43.2 Å². The first-order valence-electron chi connectivity index (χ1n) is 15.0. The maximum atomic E-state index is 13.6. The Hall–Kier alpha value is -4.76. The second-order valence-electron chi connectivity index (χ2n) is 11.7. The van der Waals surface area contributed by atoms with Crippen molar-refractivity contribution < 1.29 is 18.7 Å². The molecule has 0 radical (unpaired) electrons. The summed E-state index contributed by atoms with van der Waals surface area (Å²) in [5.74, 6) is 1.88. The number of anilines is 2. The maximum Gasteiger partial charge on any atom is 0.252 e.